The van der Waals surface area contributed by atoms with E-state index < -0.39 is 5.97 Å². The number of carboxylic acid groups (broad SMARTS) is 1. The molecule has 2 fully saturated rings. The molecule has 0 saturated carbocycles. The Bertz CT molecular complexity index is 604. The highest BCUT2D eigenvalue weighted by Crippen LogP contribution is 2.38. The molecule has 1 atom stereocenters. The van der Waals surface area contributed by atoms with E-state index in [1.807, 2.05) is 23.1 Å². The van der Waals surface area contributed by atoms with Gasteiger partial charge in [-0.25, -0.2) is 0 Å². The standard InChI is InChI=1S/C20H28N2O3/c23-18-7-11-20(10-4-12-21(15-20)13-9-19(24)25)16-22(18)14-8-17-5-2-1-3-6-17/h1-3,5-6H,4,7-16H2,(H,24,25). The first kappa shape index (κ1) is 17.9. The number of carbonyl (C=O) groups excluding carboxylic acids is 1. The molecule has 1 N–H and O–H groups in total. The summed E-state index contributed by atoms with van der Waals surface area (Å²) in [5.41, 5.74) is 1.42. The van der Waals surface area contributed by atoms with E-state index in [-0.39, 0.29) is 17.7 Å². The number of piperidine rings is 2. The van der Waals surface area contributed by atoms with E-state index in [2.05, 4.69) is 17.0 Å². The van der Waals surface area contributed by atoms with E-state index in [1.165, 1.54) is 5.56 Å². The molecule has 1 amide bonds. The van der Waals surface area contributed by atoms with Gasteiger partial charge in [0.15, 0.2) is 0 Å². The number of amides is 1. The predicted octanol–water partition coefficient (Wildman–Crippen LogP) is 2.41. The number of hydrogen-bond acceptors (Lipinski definition) is 3. The number of benzene rings is 1. The number of rotatable bonds is 6. The zero-order valence-electron chi connectivity index (χ0n) is 14.8. The monoisotopic (exact) mass is 344 g/mol. The van der Waals surface area contributed by atoms with Crippen LogP contribution in [0.2, 0.25) is 0 Å². The number of hydrogen-bond donors (Lipinski definition) is 1. The van der Waals surface area contributed by atoms with Crippen LogP contribution < -0.4 is 0 Å². The molecule has 136 valence electrons. The van der Waals surface area contributed by atoms with Crippen LogP contribution in [-0.2, 0) is 16.0 Å². The van der Waals surface area contributed by atoms with Crippen LogP contribution in [0.3, 0.4) is 0 Å². The molecule has 0 aliphatic carbocycles. The van der Waals surface area contributed by atoms with E-state index in [0.29, 0.717) is 13.0 Å². The number of likely N-dealkylation sites (tertiary alicyclic amines) is 2. The van der Waals surface area contributed by atoms with Crippen molar-refractivity contribution in [1.82, 2.24) is 9.80 Å². The normalized spacial score (nSPS) is 24.6. The Labute approximate surface area is 149 Å². The zero-order valence-corrected chi connectivity index (χ0v) is 14.8. The molecule has 3 rings (SSSR count). The number of carbonyl (C=O) groups is 2. The van der Waals surface area contributed by atoms with Crippen molar-refractivity contribution in [3.8, 4) is 0 Å². The number of carboxylic acids is 1. The van der Waals surface area contributed by atoms with Crippen molar-refractivity contribution in [2.75, 3.05) is 32.7 Å². The van der Waals surface area contributed by atoms with Gasteiger partial charge in [-0.15, -0.1) is 0 Å². The fraction of sp³-hybridized carbons (Fsp3) is 0.600. The Kier molecular flexibility index (Phi) is 5.74. The van der Waals surface area contributed by atoms with Gasteiger partial charge in [-0.2, -0.15) is 0 Å². The summed E-state index contributed by atoms with van der Waals surface area (Å²) in [6, 6.07) is 10.3. The molecule has 2 heterocycles. The minimum absolute atomic E-state index is 0.154. The molecule has 5 heteroatoms. The summed E-state index contributed by atoms with van der Waals surface area (Å²) >= 11 is 0. The lowest BCUT2D eigenvalue weighted by molar-refractivity contribution is -0.139. The molecule has 1 spiro atoms. The van der Waals surface area contributed by atoms with Gasteiger partial charge in [-0.1, -0.05) is 30.3 Å². The quantitative estimate of drug-likeness (QED) is 0.861. The molecule has 2 aliphatic heterocycles. The lowest BCUT2D eigenvalue weighted by Crippen LogP contribution is -2.54. The topological polar surface area (TPSA) is 60.9 Å². The van der Waals surface area contributed by atoms with Crippen molar-refractivity contribution >= 4 is 11.9 Å². The highest BCUT2D eigenvalue weighted by Gasteiger charge is 2.41. The predicted molar refractivity (Wildman–Crippen MR) is 96.3 cm³/mol. The Morgan fingerprint density at radius 2 is 1.92 bits per heavy atom. The van der Waals surface area contributed by atoms with Gasteiger partial charge in [0.25, 0.3) is 0 Å². The van der Waals surface area contributed by atoms with E-state index in [0.717, 1.165) is 51.9 Å². The van der Waals surface area contributed by atoms with Crippen molar-refractivity contribution in [1.29, 1.82) is 0 Å². The van der Waals surface area contributed by atoms with Crippen LogP contribution in [0.25, 0.3) is 0 Å². The molecule has 2 saturated heterocycles. The van der Waals surface area contributed by atoms with Gasteiger partial charge in [0.1, 0.15) is 0 Å². The van der Waals surface area contributed by atoms with Gasteiger partial charge in [-0.3, -0.25) is 9.59 Å². The average Bonchev–Trinajstić information content (AvgIpc) is 2.62. The summed E-state index contributed by atoms with van der Waals surface area (Å²) in [6.45, 7) is 4.12. The van der Waals surface area contributed by atoms with Gasteiger partial charge in [0, 0.05) is 38.0 Å². The Hall–Kier alpha value is -1.88. The van der Waals surface area contributed by atoms with E-state index >= 15 is 0 Å². The third-order valence-corrected chi connectivity index (χ3v) is 5.64. The molecule has 0 aromatic heterocycles. The molecule has 2 aliphatic rings. The third-order valence-electron chi connectivity index (χ3n) is 5.64. The fourth-order valence-electron chi connectivity index (χ4n) is 4.30. The van der Waals surface area contributed by atoms with Crippen molar-refractivity contribution in [3.63, 3.8) is 0 Å². The summed E-state index contributed by atoms with van der Waals surface area (Å²) < 4.78 is 0. The Morgan fingerprint density at radius 3 is 2.68 bits per heavy atom. The molecule has 1 aromatic rings. The molecule has 1 unspecified atom stereocenters. The van der Waals surface area contributed by atoms with Crippen molar-refractivity contribution < 1.29 is 14.7 Å². The van der Waals surface area contributed by atoms with Crippen LogP contribution in [0, 0.1) is 5.41 Å². The Morgan fingerprint density at radius 1 is 1.12 bits per heavy atom. The lowest BCUT2D eigenvalue weighted by Gasteiger charge is -2.48. The Balaban J connectivity index is 1.58. The first-order valence-corrected chi connectivity index (χ1v) is 9.32. The second-order valence-electron chi connectivity index (χ2n) is 7.57. The highest BCUT2D eigenvalue weighted by molar-refractivity contribution is 5.77. The maximum atomic E-state index is 12.4. The van der Waals surface area contributed by atoms with Crippen LogP contribution in [0.5, 0.6) is 0 Å². The lowest BCUT2D eigenvalue weighted by atomic mass is 9.73. The van der Waals surface area contributed by atoms with Gasteiger partial charge in [0.2, 0.25) is 5.91 Å². The minimum Gasteiger partial charge on any atom is -0.481 e. The second kappa shape index (κ2) is 8.00. The maximum Gasteiger partial charge on any atom is 0.304 e. The molecular formula is C20H28N2O3. The molecule has 5 nitrogen and oxygen atoms in total. The van der Waals surface area contributed by atoms with Crippen LogP contribution in [0.4, 0.5) is 0 Å². The van der Waals surface area contributed by atoms with E-state index in [9.17, 15) is 9.59 Å². The maximum absolute atomic E-state index is 12.4. The van der Waals surface area contributed by atoms with Crippen molar-refractivity contribution in [2.24, 2.45) is 5.41 Å². The van der Waals surface area contributed by atoms with Crippen LogP contribution in [0.15, 0.2) is 30.3 Å². The number of aliphatic carboxylic acids is 1. The van der Waals surface area contributed by atoms with Gasteiger partial charge in [-0.05, 0) is 37.8 Å². The summed E-state index contributed by atoms with van der Waals surface area (Å²) in [5.74, 6) is -0.466. The number of nitrogens with zero attached hydrogens (tertiary/aromatic N) is 2. The van der Waals surface area contributed by atoms with Crippen molar-refractivity contribution in [2.45, 2.75) is 38.5 Å². The van der Waals surface area contributed by atoms with Gasteiger partial charge in [0.05, 0.1) is 6.42 Å². The highest BCUT2D eigenvalue weighted by atomic mass is 16.4. The molecule has 0 bridgehead atoms. The largest absolute Gasteiger partial charge is 0.481 e. The average molecular weight is 344 g/mol. The molecular weight excluding hydrogens is 316 g/mol. The fourth-order valence-corrected chi connectivity index (χ4v) is 4.30. The summed E-state index contributed by atoms with van der Waals surface area (Å²) in [5, 5.41) is 8.92. The summed E-state index contributed by atoms with van der Waals surface area (Å²) in [6.07, 6.45) is 4.91. The smallest absolute Gasteiger partial charge is 0.304 e. The van der Waals surface area contributed by atoms with Crippen LogP contribution in [-0.4, -0.2) is 59.5 Å². The minimum atomic E-state index is -0.733. The molecule has 0 radical (unpaired) electrons. The first-order chi connectivity index (χ1) is 12.1. The van der Waals surface area contributed by atoms with Gasteiger partial charge < -0.3 is 14.9 Å². The summed E-state index contributed by atoms with van der Waals surface area (Å²) in [4.78, 5) is 27.5. The zero-order chi connectivity index (χ0) is 17.7. The van der Waals surface area contributed by atoms with Crippen LogP contribution >= 0.6 is 0 Å². The van der Waals surface area contributed by atoms with Crippen molar-refractivity contribution in [3.05, 3.63) is 35.9 Å². The summed E-state index contributed by atoms with van der Waals surface area (Å²) in [7, 11) is 0. The van der Waals surface area contributed by atoms with E-state index in [4.69, 9.17) is 5.11 Å². The molecule has 25 heavy (non-hydrogen) atoms. The second-order valence-corrected chi connectivity index (χ2v) is 7.57. The van der Waals surface area contributed by atoms with Gasteiger partial charge >= 0.3 is 5.97 Å². The third kappa shape index (κ3) is 4.82. The SMILES string of the molecule is O=C(O)CCN1CCCC2(CCC(=O)N(CCc3ccccc3)C2)C1. The first-order valence-electron chi connectivity index (χ1n) is 9.32. The molecule has 1 aromatic carbocycles. The van der Waals surface area contributed by atoms with E-state index in [1.54, 1.807) is 0 Å². The van der Waals surface area contributed by atoms with Crippen LogP contribution in [0.1, 0.15) is 37.7 Å².